The summed E-state index contributed by atoms with van der Waals surface area (Å²) in [7, 11) is 0. The minimum Gasteiger partial charge on any atom is -0.351 e. The largest absolute Gasteiger partial charge is 0.351 e. The third-order valence-corrected chi connectivity index (χ3v) is 4.52. The summed E-state index contributed by atoms with van der Waals surface area (Å²) in [4.78, 5) is 16.4. The minimum atomic E-state index is 0.119. The van der Waals surface area contributed by atoms with Gasteiger partial charge in [0.1, 0.15) is 5.65 Å². The van der Waals surface area contributed by atoms with Crippen molar-refractivity contribution in [2.45, 2.75) is 25.1 Å². The molecule has 2 N–H and O–H groups in total. The number of nitrogens with zero attached hydrogens (tertiary/aromatic N) is 2. The Labute approximate surface area is 128 Å². The zero-order valence-electron chi connectivity index (χ0n) is 12.1. The molecule has 3 heterocycles. The molecule has 0 aliphatic carbocycles. The average molecular weight is 304 g/mol. The second kappa shape index (κ2) is 6.49. The number of aromatic nitrogens is 2. The summed E-state index contributed by atoms with van der Waals surface area (Å²) in [6.45, 7) is 3.96. The smallest absolute Gasteiger partial charge is 0.230 e. The molecule has 1 unspecified atom stereocenters. The first-order valence-electron chi connectivity index (χ1n) is 7.23. The third-order valence-electron chi connectivity index (χ3n) is 3.56. The number of hydrogen-bond donors (Lipinski definition) is 2. The highest BCUT2D eigenvalue weighted by Crippen LogP contribution is 2.13. The molecule has 0 saturated carbocycles. The lowest BCUT2D eigenvalue weighted by Gasteiger charge is -2.10. The van der Waals surface area contributed by atoms with Crippen LogP contribution in [-0.4, -0.2) is 40.2 Å². The standard InChI is InChI=1S/C15H20N4OS/c1-11-2-3-14-17-13(8-19(14)7-11)9-21-10-15(20)18-12-4-5-16-6-12/h2-3,7-8,12,16H,4-6,9-10H2,1H3,(H,18,20). The molecule has 1 aliphatic heterocycles. The molecule has 0 bridgehead atoms. The van der Waals surface area contributed by atoms with Gasteiger partial charge in [-0.2, -0.15) is 0 Å². The summed E-state index contributed by atoms with van der Waals surface area (Å²) in [6.07, 6.45) is 5.13. The molecule has 0 aromatic carbocycles. The maximum Gasteiger partial charge on any atom is 0.230 e. The van der Waals surface area contributed by atoms with Gasteiger partial charge in [-0.1, -0.05) is 6.07 Å². The molecule has 1 atom stereocenters. The molecule has 112 valence electrons. The van der Waals surface area contributed by atoms with E-state index in [1.165, 1.54) is 5.56 Å². The van der Waals surface area contributed by atoms with Crippen molar-refractivity contribution in [1.82, 2.24) is 20.0 Å². The van der Waals surface area contributed by atoms with Crippen molar-refractivity contribution in [2.24, 2.45) is 0 Å². The normalized spacial score (nSPS) is 18.2. The van der Waals surface area contributed by atoms with Crippen LogP contribution in [0.2, 0.25) is 0 Å². The molecule has 6 heteroatoms. The second-order valence-electron chi connectivity index (χ2n) is 5.45. The van der Waals surface area contributed by atoms with Crippen LogP contribution in [0, 0.1) is 6.92 Å². The van der Waals surface area contributed by atoms with E-state index >= 15 is 0 Å². The maximum absolute atomic E-state index is 11.8. The van der Waals surface area contributed by atoms with Crippen LogP contribution in [0.1, 0.15) is 17.7 Å². The summed E-state index contributed by atoms with van der Waals surface area (Å²) < 4.78 is 2.04. The van der Waals surface area contributed by atoms with E-state index in [0.717, 1.165) is 36.6 Å². The number of hydrogen-bond acceptors (Lipinski definition) is 4. The van der Waals surface area contributed by atoms with Gasteiger partial charge in [-0.15, -0.1) is 11.8 Å². The van der Waals surface area contributed by atoms with Gasteiger partial charge in [0.25, 0.3) is 0 Å². The summed E-state index contributed by atoms with van der Waals surface area (Å²) in [6, 6.07) is 4.38. The van der Waals surface area contributed by atoms with Gasteiger partial charge >= 0.3 is 0 Å². The second-order valence-corrected chi connectivity index (χ2v) is 6.44. The zero-order valence-corrected chi connectivity index (χ0v) is 12.9. The predicted octanol–water partition coefficient (Wildman–Crippen LogP) is 1.35. The van der Waals surface area contributed by atoms with Crippen molar-refractivity contribution in [1.29, 1.82) is 0 Å². The van der Waals surface area contributed by atoms with Crippen molar-refractivity contribution in [3.8, 4) is 0 Å². The zero-order chi connectivity index (χ0) is 14.7. The Balaban J connectivity index is 1.48. The Morgan fingerprint density at radius 1 is 1.52 bits per heavy atom. The fraction of sp³-hybridized carbons (Fsp3) is 0.467. The maximum atomic E-state index is 11.8. The lowest BCUT2D eigenvalue weighted by atomic mass is 10.3. The number of aryl methyl sites for hydroxylation is 1. The molecular weight excluding hydrogens is 284 g/mol. The van der Waals surface area contributed by atoms with E-state index < -0.39 is 0 Å². The van der Waals surface area contributed by atoms with Gasteiger partial charge in [0.15, 0.2) is 0 Å². The van der Waals surface area contributed by atoms with Gasteiger partial charge in [0.05, 0.1) is 11.4 Å². The highest BCUT2D eigenvalue weighted by atomic mass is 32.2. The highest BCUT2D eigenvalue weighted by Gasteiger charge is 2.16. The van der Waals surface area contributed by atoms with Gasteiger partial charge in [-0.25, -0.2) is 4.98 Å². The molecule has 2 aromatic heterocycles. The number of carbonyl (C=O) groups is 1. The average Bonchev–Trinajstić information content (AvgIpc) is 3.07. The first-order chi connectivity index (χ1) is 10.2. The molecule has 1 saturated heterocycles. The van der Waals surface area contributed by atoms with Crippen LogP contribution < -0.4 is 10.6 Å². The fourth-order valence-corrected chi connectivity index (χ4v) is 3.24. The van der Waals surface area contributed by atoms with Crippen LogP contribution in [0.4, 0.5) is 0 Å². The number of fused-ring (bicyclic) bond motifs is 1. The number of pyridine rings is 1. The number of carbonyl (C=O) groups excluding carboxylic acids is 1. The summed E-state index contributed by atoms with van der Waals surface area (Å²) in [5.74, 6) is 1.37. The van der Waals surface area contributed by atoms with E-state index in [1.54, 1.807) is 11.8 Å². The van der Waals surface area contributed by atoms with Gasteiger partial charge in [0, 0.05) is 30.7 Å². The Morgan fingerprint density at radius 2 is 2.43 bits per heavy atom. The van der Waals surface area contributed by atoms with Crippen molar-refractivity contribution in [3.63, 3.8) is 0 Å². The molecule has 1 fully saturated rings. The van der Waals surface area contributed by atoms with Crippen LogP contribution in [0.25, 0.3) is 5.65 Å². The van der Waals surface area contributed by atoms with Crippen molar-refractivity contribution < 1.29 is 4.79 Å². The third kappa shape index (κ3) is 3.77. The van der Waals surface area contributed by atoms with Gasteiger partial charge in [0.2, 0.25) is 5.91 Å². The quantitative estimate of drug-likeness (QED) is 0.875. The van der Waals surface area contributed by atoms with E-state index in [0.29, 0.717) is 11.8 Å². The van der Waals surface area contributed by atoms with Gasteiger partial charge in [-0.05, 0) is 31.5 Å². The first-order valence-corrected chi connectivity index (χ1v) is 8.38. The van der Waals surface area contributed by atoms with Gasteiger partial charge in [-0.3, -0.25) is 4.79 Å². The highest BCUT2D eigenvalue weighted by molar-refractivity contribution is 7.99. The molecular formula is C15H20N4OS. The minimum absolute atomic E-state index is 0.119. The fourth-order valence-electron chi connectivity index (χ4n) is 2.52. The van der Waals surface area contributed by atoms with Crippen LogP contribution in [-0.2, 0) is 10.5 Å². The molecule has 0 radical (unpaired) electrons. The van der Waals surface area contributed by atoms with Gasteiger partial charge < -0.3 is 15.0 Å². The summed E-state index contributed by atoms with van der Waals surface area (Å²) in [5, 5.41) is 6.30. The van der Waals surface area contributed by atoms with E-state index in [-0.39, 0.29) is 5.91 Å². The Bertz CT molecular complexity index is 634. The lowest BCUT2D eigenvalue weighted by molar-refractivity contribution is -0.119. The number of imidazole rings is 1. The number of thioether (sulfide) groups is 1. The van der Waals surface area contributed by atoms with E-state index in [2.05, 4.69) is 34.8 Å². The molecule has 21 heavy (non-hydrogen) atoms. The van der Waals surface area contributed by atoms with Crippen LogP contribution in [0.15, 0.2) is 24.5 Å². The molecule has 3 rings (SSSR count). The number of amides is 1. The summed E-state index contributed by atoms with van der Waals surface area (Å²) in [5.41, 5.74) is 3.18. The van der Waals surface area contributed by atoms with E-state index in [9.17, 15) is 4.79 Å². The monoisotopic (exact) mass is 304 g/mol. The van der Waals surface area contributed by atoms with Crippen LogP contribution >= 0.6 is 11.8 Å². The molecule has 2 aromatic rings. The Kier molecular flexibility index (Phi) is 4.45. The summed E-state index contributed by atoms with van der Waals surface area (Å²) >= 11 is 1.61. The first kappa shape index (κ1) is 14.4. The molecule has 1 aliphatic rings. The Morgan fingerprint density at radius 3 is 3.24 bits per heavy atom. The van der Waals surface area contributed by atoms with Crippen molar-refractivity contribution in [2.75, 3.05) is 18.8 Å². The number of rotatable bonds is 5. The number of nitrogens with one attached hydrogen (secondary N) is 2. The van der Waals surface area contributed by atoms with E-state index in [4.69, 9.17) is 0 Å². The lowest BCUT2D eigenvalue weighted by Crippen LogP contribution is -2.37. The Hall–Kier alpha value is -1.53. The predicted molar refractivity (Wildman–Crippen MR) is 85.5 cm³/mol. The van der Waals surface area contributed by atoms with Crippen LogP contribution in [0.5, 0.6) is 0 Å². The van der Waals surface area contributed by atoms with Crippen molar-refractivity contribution in [3.05, 3.63) is 35.8 Å². The van der Waals surface area contributed by atoms with Crippen LogP contribution in [0.3, 0.4) is 0 Å². The molecule has 1 amide bonds. The van der Waals surface area contributed by atoms with Crippen molar-refractivity contribution >= 4 is 23.3 Å². The molecule has 5 nitrogen and oxygen atoms in total. The van der Waals surface area contributed by atoms with E-state index in [1.807, 2.05) is 16.7 Å². The topological polar surface area (TPSA) is 58.4 Å². The SMILES string of the molecule is Cc1ccc2nc(CSCC(=O)NC3CCNC3)cn2c1. The molecule has 0 spiro atoms.